The zero-order chi connectivity index (χ0) is 11.1. The van der Waals surface area contributed by atoms with Crippen molar-refractivity contribution >= 4 is 5.97 Å². The maximum atomic E-state index is 11.4. The second-order valence-corrected chi connectivity index (χ2v) is 4.42. The van der Waals surface area contributed by atoms with E-state index in [9.17, 15) is 4.79 Å². The largest absolute Gasteiger partial charge is 0.466 e. The lowest BCUT2D eigenvalue weighted by molar-refractivity contribution is -0.147. The van der Waals surface area contributed by atoms with Crippen molar-refractivity contribution in [3.63, 3.8) is 0 Å². The summed E-state index contributed by atoms with van der Waals surface area (Å²) in [5.41, 5.74) is 0. The number of carbonyl (C=O) groups excluding carboxylic acids is 1. The summed E-state index contributed by atoms with van der Waals surface area (Å²) < 4.78 is 4.99. The van der Waals surface area contributed by atoms with Crippen LogP contribution in [0.4, 0.5) is 0 Å². The van der Waals surface area contributed by atoms with Crippen molar-refractivity contribution in [3.05, 3.63) is 0 Å². The molecule has 0 radical (unpaired) electrons. The molecule has 1 N–H and O–H groups in total. The van der Waals surface area contributed by atoms with Crippen molar-refractivity contribution in [2.75, 3.05) is 19.7 Å². The van der Waals surface area contributed by atoms with Gasteiger partial charge in [0.15, 0.2) is 0 Å². The summed E-state index contributed by atoms with van der Waals surface area (Å²) in [6.45, 7) is 6.60. The zero-order valence-electron chi connectivity index (χ0n) is 9.92. The highest BCUT2D eigenvalue weighted by molar-refractivity contribution is 5.71. The van der Waals surface area contributed by atoms with Crippen LogP contribution in [0.3, 0.4) is 0 Å². The molecule has 0 spiro atoms. The molecule has 0 aliphatic carbocycles. The van der Waals surface area contributed by atoms with Gasteiger partial charge in [-0.15, -0.1) is 0 Å². The highest BCUT2D eigenvalue weighted by atomic mass is 16.5. The Morgan fingerprint density at radius 3 is 2.73 bits per heavy atom. The summed E-state index contributed by atoms with van der Waals surface area (Å²) in [5.74, 6) is 0.842. The summed E-state index contributed by atoms with van der Waals surface area (Å²) in [5, 5.41) is 3.35. The molecule has 0 saturated carbocycles. The molecule has 1 unspecified atom stereocenters. The Morgan fingerprint density at radius 1 is 1.47 bits per heavy atom. The Morgan fingerprint density at radius 2 is 2.13 bits per heavy atom. The topological polar surface area (TPSA) is 38.3 Å². The van der Waals surface area contributed by atoms with Crippen LogP contribution in [0.1, 0.15) is 39.5 Å². The maximum absolute atomic E-state index is 11.4. The Balaban J connectivity index is 2.14. The molecule has 0 bridgehead atoms. The third-order valence-corrected chi connectivity index (χ3v) is 3.16. The lowest BCUT2D eigenvalue weighted by atomic mass is 9.90. The molecular formula is C12H23NO2. The molecule has 1 aliphatic heterocycles. The summed E-state index contributed by atoms with van der Waals surface area (Å²) >= 11 is 0. The van der Waals surface area contributed by atoms with E-state index in [4.69, 9.17) is 4.74 Å². The van der Waals surface area contributed by atoms with Gasteiger partial charge in [0.2, 0.25) is 0 Å². The zero-order valence-corrected chi connectivity index (χ0v) is 9.92. The number of hydrogen-bond acceptors (Lipinski definition) is 3. The first kappa shape index (κ1) is 12.5. The molecule has 3 nitrogen and oxygen atoms in total. The first-order valence-corrected chi connectivity index (χ1v) is 6.11. The first-order valence-electron chi connectivity index (χ1n) is 6.11. The first-order chi connectivity index (χ1) is 7.24. The lowest BCUT2D eigenvalue weighted by Crippen LogP contribution is -2.28. The van der Waals surface area contributed by atoms with Gasteiger partial charge in [-0.05, 0) is 51.6 Å². The van der Waals surface area contributed by atoms with E-state index < -0.39 is 0 Å². The highest BCUT2D eigenvalue weighted by Gasteiger charge is 2.18. The van der Waals surface area contributed by atoms with Gasteiger partial charge in [-0.1, -0.05) is 6.92 Å². The molecule has 1 aliphatic rings. The molecule has 88 valence electrons. The fraction of sp³-hybridized carbons (Fsp3) is 0.917. The third-order valence-electron chi connectivity index (χ3n) is 3.16. The van der Waals surface area contributed by atoms with Crippen molar-refractivity contribution < 1.29 is 9.53 Å². The van der Waals surface area contributed by atoms with Crippen molar-refractivity contribution in [3.8, 4) is 0 Å². The molecule has 0 aromatic carbocycles. The average Bonchev–Trinajstić information content (AvgIpc) is 2.27. The molecule has 1 fully saturated rings. The van der Waals surface area contributed by atoms with Crippen LogP contribution in [0.25, 0.3) is 0 Å². The van der Waals surface area contributed by atoms with Crippen molar-refractivity contribution in [1.82, 2.24) is 5.32 Å². The standard InChI is InChI=1S/C12H23NO2/c1-3-15-12(14)10(2)4-5-11-6-8-13-9-7-11/h10-11,13H,3-9H2,1-2H3. The fourth-order valence-corrected chi connectivity index (χ4v) is 2.06. The molecule has 1 atom stereocenters. The number of ether oxygens (including phenoxy) is 1. The third kappa shape index (κ3) is 4.65. The van der Waals surface area contributed by atoms with E-state index in [2.05, 4.69) is 5.32 Å². The van der Waals surface area contributed by atoms with E-state index in [0.717, 1.165) is 25.4 Å². The second kappa shape index (κ2) is 6.83. The quantitative estimate of drug-likeness (QED) is 0.710. The SMILES string of the molecule is CCOC(=O)C(C)CCC1CCNCC1. The molecule has 1 rings (SSSR count). The van der Waals surface area contributed by atoms with E-state index in [-0.39, 0.29) is 11.9 Å². The molecular weight excluding hydrogens is 190 g/mol. The second-order valence-electron chi connectivity index (χ2n) is 4.42. The Labute approximate surface area is 92.6 Å². The monoisotopic (exact) mass is 213 g/mol. The minimum absolute atomic E-state index is 0.0357. The van der Waals surface area contributed by atoms with Gasteiger partial charge in [0, 0.05) is 0 Å². The van der Waals surface area contributed by atoms with Gasteiger partial charge in [-0.2, -0.15) is 0 Å². The summed E-state index contributed by atoms with van der Waals surface area (Å²) in [6.07, 6.45) is 4.66. The molecule has 1 saturated heterocycles. The summed E-state index contributed by atoms with van der Waals surface area (Å²) in [4.78, 5) is 11.4. The molecule has 15 heavy (non-hydrogen) atoms. The fourth-order valence-electron chi connectivity index (χ4n) is 2.06. The smallest absolute Gasteiger partial charge is 0.308 e. The predicted octanol–water partition coefficient (Wildman–Crippen LogP) is 1.97. The van der Waals surface area contributed by atoms with E-state index in [1.165, 1.54) is 19.3 Å². The van der Waals surface area contributed by atoms with Crippen molar-refractivity contribution in [2.24, 2.45) is 11.8 Å². The van der Waals surface area contributed by atoms with Gasteiger partial charge in [-0.25, -0.2) is 0 Å². The van der Waals surface area contributed by atoms with E-state index in [1.807, 2.05) is 13.8 Å². The van der Waals surface area contributed by atoms with Crippen LogP contribution in [-0.4, -0.2) is 25.7 Å². The molecule has 3 heteroatoms. The Kier molecular flexibility index (Phi) is 5.69. The van der Waals surface area contributed by atoms with E-state index in [1.54, 1.807) is 0 Å². The van der Waals surface area contributed by atoms with Crippen LogP contribution >= 0.6 is 0 Å². The van der Waals surface area contributed by atoms with Crippen molar-refractivity contribution in [2.45, 2.75) is 39.5 Å². The number of rotatable bonds is 5. The van der Waals surface area contributed by atoms with Gasteiger partial charge < -0.3 is 10.1 Å². The number of piperidine rings is 1. The van der Waals surface area contributed by atoms with Crippen LogP contribution in [0.2, 0.25) is 0 Å². The summed E-state index contributed by atoms with van der Waals surface area (Å²) in [7, 11) is 0. The van der Waals surface area contributed by atoms with Gasteiger partial charge in [0.05, 0.1) is 12.5 Å². The predicted molar refractivity (Wildman–Crippen MR) is 60.6 cm³/mol. The van der Waals surface area contributed by atoms with E-state index >= 15 is 0 Å². The highest BCUT2D eigenvalue weighted by Crippen LogP contribution is 2.21. The van der Waals surface area contributed by atoms with Crippen LogP contribution in [-0.2, 0) is 9.53 Å². The van der Waals surface area contributed by atoms with Crippen molar-refractivity contribution in [1.29, 1.82) is 0 Å². The Bertz CT molecular complexity index is 188. The lowest BCUT2D eigenvalue weighted by Gasteiger charge is -2.23. The number of carbonyl (C=O) groups is 1. The number of hydrogen-bond donors (Lipinski definition) is 1. The number of nitrogens with one attached hydrogen (secondary N) is 1. The molecule has 0 amide bonds. The normalized spacial score (nSPS) is 19.9. The maximum Gasteiger partial charge on any atom is 0.308 e. The molecule has 0 aromatic rings. The van der Waals surface area contributed by atoms with Gasteiger partial charge in [-0.3, -0.25) is 4.79 Å². The minimum atomic E-state index is -0.0357. The van der Waals surface area contributed by atoms with Crippen LogP contribution in [0.5, 0.6) is 0 Å². The average molecular weight is 213 g/mol. The van der Waals surface area contributed by atoms with Gasteiger partial charge in [0.1, 0.15) is 0 Å². The molecule has 1 heterocycles. The summed E-state index contributed by atoms with van der Waals surface area (Å²) in [6, 6.07) is 0. The van der Waals surface area contributed by atoms with Gasteiger partial charge in [0.25, 0.3) is 0 Å². The van der Waals surface area contributed by atoms with Crippen LogP contribution in [0.15, 0.2) is 0 Å². The van der Waals surface area contributed by atoms with Crippen LogP contribution in [0, 0.1) is 11.8 Å². The number of esters is 1. The minimum Gasteiger partial charge on any atom is -0.466 e. The van der Waals surface area contributed by atoms with Crippen LogP contribution < -0.4 is 5.32 Å². The van der Waals surface area contributed by atoms with Gasteiger partial charge >= 0.3 is 5.97 Å². The van der Waals surface area contributed by atoms with E-state index in [0.29, 0.717) is 6.61 Å². The molecule has 0 aromatic heterocycles. The Hall–Kier alpha value is -0.570.